The molecule has 0 fully saturated rings. The van der Waals surface area contributed by atoms with Crippen molar-refractivity contribution in [2.24, 2.45) is 0 Å². The van der Waals surface area contributed by atoms with Crippen LogP contribution in [-0.2, 0) is 10.0 Å². The molecule has 0 amide bonds. The number of aryl methyl sites for hydroxylation is 1. The van der Waals surface area contributed by atoms with Crippen LogP contribution in [-0.4, -0.2) is 23.3 Å². The molecule has 0 saturated heterocycles. The van der Waals surface area contributed by atoms with Crippen LogP contribution in [0.1, 0.15) is 5.56 Å². The summed E-state index contributed by atoms with van der Waals surface area (Å²) in [7, 11) is -3.97. The topological polar surface area (TPSA) is 151 Å². The Balaban J connectivity index is 1.80. The maximum absolute atomic E-state index is 12.4. The number of benzene rings is 2. The van der Waals surface area contributed by atoms with E-state index >= 15 is 0 Å². The predicted octanol–water partition coefficient (Wildman–Crippen LogP) is 2.44. The zero-order valence-corrected chi connectivity index (χ0v) is 16.0. The van der Waals surface area contributed by atoms with Crippen molar-refractivity contribution in [2.75, 3.05) is 16.3 Å². The summed E-state index contributed by atoms with van der Waals surface area (Å²) in [6.45, 7) is 1.82. The summed E-state index contributed by atoms with van der Waals surface area (Å²) in [5.74, 6) is -0.469. The molecule has 0 spiro atoms. The Morgan fingerprint density at radius 3 is 2.14 bits per heavy atom. The quantitative estimate of drug-likeness (QED) is 0.321. The first-order valence-corrected chi connectivity index (χ1v) is 9.76. The van der Waals surface area contributed by atoms with Crippen molar-refractivity contribution in [1.82, 2.24) is 14.8 Å². The SMILES string of the molecule is Cc1ccc(S(=O)(=O)NNc2ncnc(NNc3ccccc3)c2[N+](=O)[O-])cc1. The number of nitrogens with zero attached hydrogens (tertiary/aromatic N) is 3. The van der Waals surface area contributed by atoms with Crippen molar-refractivity contribution in [3.05, 3.63) is 76.6 Å². The van der Waals surface area contributed by atoms with E-state index in [0.717, 1.165) is 11.9 Å². The van der Waals surface area contributed by atoms with Gasteiger partial charge in [0.2, 0.25) is 11.6 Å². The van der Waals surface area contributed by atoms with E-state index in [-0.39, 0.29) is 16.5 Å². The number of nitro groups is 1. The predicted molar refractivity (Wildman–Crippen MR) is 107 cm³/mol. The fraction of sp³-hybridized carbons (Fsp3) is 0.0588. The second kappa shape index (κ2) is 8.50. The highest BCUT2D eigenvalue weighted by molar-refractivity contribution is 7.89. The number of para-hydroxylation sites is 1. The van der Waals surface area contributed by atoms with Crippen LogP contribution in [0.4, 0.5) is 23.0 Å². The summed E-state index contributed by atoms with van der Waals surface area (Å²) in [4.78, 5) is 20.5. The van der Waals surface area contributed by atoms with Gasteiger partial charge in [-0.3, -0.25) is 26.4 Å². The summed E-state index contributed by atoms with van der Waals surface area (Å²) < 4.78 is 24.8. The Morgan fingerprint density at radius 1 is 0.897 bits per heavy atom. The summed E-state index contributed by atoms with van der Waals surface area (Å²) in [5, 5.41) is 11.5. The van der Waals surface area contributed by atoms with Crippen molar-refractivity contribution in [3.8, 4) is 0 Å². The lowest BCUT2D eigenvalue weighted by atomic mass is 10.2. The molecule has 2 aromatic carbocycles. The Labute approximate surface area is 166 Å². The van der Waals surface area contributed by atoms with Gasteiger partial charge in [-0.25, -0.2) is 18.4 Å². The Bertz CT molecular complexity index is 1110. The largest absolute Gasteiger partial charge is 0.356 e. The van der Waals surface area contributed by atoms with Gasteiger partial charge in [0.1, 0.15) is 6.33 Å². The van der Waals surface area contributed by atoms with E-state index in [1.165, 1.54) is 12.1 Å². The third kappa shape index (κ3) is 4.94. The molecular weight excluding hydrogens is 398 g/mol. The molecule has 12 heteroatoms. The van der Waals surface area contributed by atoms with Gasteiger partial charge in [0.25, 0.3) is 10.0 Å². The molecule has 0 aliphatic heterocycles. The minimum absolute atomic E-state index is 0.00333. The summed E-state index contributed by atoms with van der Waals surface area (Å²) >= 11 is 0. The molecule has 11 nitrogen and oxygen atoms in total. The monoisotopic (exact) mass is 415 g/mol. The number of anilines is 3. The molecule has 150 valence electrons. The van der Waals surface area contributed by atoms with Crippen LogP contribution in [0.3, 0.4) is 0 Å². The van der Waals surface area contributed by atoms with Gasteiger partial charge in [-0.1, -0.05) is 35.9 Å². The lowest BCUT2D eigenvalue weighted by molar-refractivity contribution is -0.383. The van der Waals surface area contributed by atoms with Crippen LogP contribution < -0.4 is 21.1 Å². The molecule has 4 N–H and O–H groups in total. The number of nitrogens with one attached hydrogen (secondary N) is 4. The highest BCUT2D eigenvalue weighted by Gasteiger charge is 2.24. The average Bonchev–Trinajstić information content (AvgIpc) is 2.71. The molecule has 0 aliphatic carbocycles. The molecular formula is C17H17N7O4S. The molecule has 0 radical (unpaired) electrons. The highest BCUT2D eigenvalue weighted by atomic mass is 32.2. The average molecular weight is 415 g/mol. The van der Waals surface area contributed by atoms with Gasteiger partial charge in [0.15, 0.2) is 0 Å². The standard InChI is InChI=1S/C17H17N7O4S/c1-12-7-9-14(10-8-12)29(27,28)23-22-17-15(24(25)26)16(18-11-19-17)21-20-13-5-3-2-4-6-13/h2-11,20,23H,1H3,(H2,18,19,21,22). The Kier molecular flexibility index (Phi) is 5.85. The number of hydrogen-bond donors (Lipinski definition) is 4. The number of hydrazine groups is 2. The zero-order chi connectivity index (χ0) is 20.9. The maximum Gasteiger partial charge on any atom is 0.356 e. The molecule has 29 heavy (non-hydrogen) atoms. The van der Waals surface area contributed by atoms with E-state index < -0.39 is 20.6 Å². The zero-order valence-electron chi connectivity index (χ0n) is 15.2. The first-order chi connectivity index (χ1) is 13.9. The lowest BCUT2D eigenvalue weighted by Crippen LogP contribution is -2.30. The Morgan fingerprint density at radius 2 is 1.52 bits per heavy atom. The van der Waals surface area contributed by atoms with Gasteiger partial charge in [-0.2, -0.15) is 0 Å². The fourth-order valence-corrected chi connectivity index (χ4v) is 3.12. The van der Waals surface area contributed by atoms with Crippen LogP contribution in [0.25, 0.3) is 0 Å². The van der Waals surface area contributed by atoms with Gasteiger partial charge in [0.05, 0.1) is 15.5 Å². The van der Waals surface area contributed by atoms with E-state index in [1.54, 1.807) is 36.4 Å². The second-order valence-corrected chi connectivity index (χ2v) is 7.52. The van der Waals surface area contributed by atoms with Gasteiger partial charge in [0, 0.05) is 0 Å². The molecule has 1 aromatic heterocycles. The van der Waals surface area contributed by atoms with Gasteiger partial charge in [-0.05, 0) is 31.2 Å². The lowest BCUT2D eigenvalue weighted by Gasteiger charge is -2.12. The minimum Gasteiger partial charge on any atom is -0.299 e. The summed E-state index contributed by atoms with van der Waals surface area (Å²) in [6.07, 6.45) is 1.06. The van der Waals surface area contributed by atoms with Crippen LogP contribution >= 0.6 is 0 Å². The third-order valence-electron chi connectivity index (χ3n) is 3.74. The number of aromatic nitrogens is 2. The van der Waals surface area contributed by atoms with Crippen LogP contribution in [0, 0.1) is 17.0 Å². The van der Waals surface area contributed by atoms with E-state index in [2.05, 4.69) is 31.1 Å². The maximum atomic E-state index is 12.4. The number of rotatable bonds is 8. The van der Waals surface area contributed by atoms with Gasteiger partial charge < -0.3 is 0 Å². The molecule has 0 unspecified atom stereocenters. The first kappa shape index (κ1) is 20.0. The molecule has 0 saturated carbocycles. The van der Waals surface area contributed by atoms with Crippen molar-refractivity contribution in [1.29, 1.82) is 0 Å². The van der Waals surface area contributed by atoms with Crippen LogP contribution in [0.5, 0.6) is 0 Å². The molecule has 3 aromatic rings. The van der Waals surface area contributed by atoms with Crippen molar-refractivity contribution in [3.63, 3.8) is 0 Å². The molecule has 1 heterocycles. The molecule has 0 atom stereocenters. The summed E-state index contributed by atoms with van der Waals surface area (Å²) in [5.41, 5.74) is 8.69. The number of hydrogen-bond acceptors (Lipinski definition) is 9. The van der Waals surface area contributed by atoms with Gasteiger partial charge in [-0.15, -0.1) is 4.83 Å². The normalized spacial score (nSPS) is 10.9. The molecule has 3 rings (SSSR count). The molecule has 0 bridgehead atoms. The molecule has 0 aliphatic rings. The van der Waals surface area contributed by atoms with E-state index in [1.807, 2.05) is 13.0 Å². The van der Waals surface area contributed by atoms with Gasteiger partial charge >= 0.3 is 5.69 Å². The highest BCUT2D eigenvalue weighted by Crippen LogP contribution is 2.28. The second-order valence-electron chi connectivity index (χ2n) is 5.84. The first-order valence-electron chi connectivity index (χ1n) is 8.28. The van der Waals surface area contributed by atoms with Crippen molar-refractivity contribution in [2.45, 2.75) is 11.8 Å². The minimum atomic E-state index is -3.97. The van der Waals surface area contributed by atoms with E-state index in [9.17, 15) is 18.5 Å². The number of sulfonamides is 1. The summed E-state index contributed by atoms with van der Waals surface area (Å²) in [6, 6.07) is 15.0. The van der Waals surface area contributed by atoms with Crippen molar-refractivity contribution >= 4 is 33.0 Å². The van der Waals surface area contributed by atoms with Crippen LogP contribution in [0.2, 0.25) is 0 Å². The van der Waals surface area contributed by atoms with Crippen molar-refractivity contribution < 1.29 is 13.3 Å². The fourth-order valence-electron chi connectivity index (χ4n) is 2.28. The van der Waals surface area contributed by atoms with E-state index in [0.29, 0.717) is 5.69 Å². The van der Waals surface area contributed by atoms with E-state index in [4.69, 9.17) is 0 Å². The smallest absolute Gasteiger partial charge is 0.299 e. The Hall–Kier alpha value is -3.77. The third-order valence-corrected chi connectivity index (χ3v) is 5.00. The van der Waals surface area contributed by atoms with Crippen LogP contribution in [0.15, 0.2) is 65.8 Å².